The number of aromatic hydroxyl groups is 2. The van der Waals surface area contributed by atoms with Gasteiger partial charge in [0.05, 0.1) is 37.2 Å². The van der Waals surface area contributed by atoms with Crippen molar-refractivity contribution < 1.29 is 44.0 Å². The number of anilines is 6. The highest BCUT2D eigenvalue weighted by Crippen LogP contribution is 2.57. The molecule has 9 heterocycles. The lowest BCUT2D eigenvalue weighted by Gasteiger charge is -2.33. The Bertz CT molecular complexity index is 3980. The molecule has 0 fully saturated rings. The highest BCUT2D eigenvalue weighted by molar-refractivity contribution is 5.87. The molecule has 476 valence electrons. The lowest BCUT2D eigenvalue weighted by molar-refractivity contribution is 0.111. The van der Waals surface area contributed by atoms with Crippen LogP contribution in [0.25, 0.3) is 0 Å². The Morgan fingerprint density at radius 3 is 0.946 bits per heavy atom. The number of para-hydroxylation sites is 6. The van der Waals surface area contributed by atoms with E-state index in [1.807, 2.05) is 119 Å². The van der Waals surface area contributed by atoms with Crippen LogP contribution in [-0.4, -0.2) is 16.5 Å². The van der Waals surface area contributed by atoms with Crippen LogP contribution >= 0.6 is 0 Å². The Morgan fingerprint density at radius 2 is 0.620 bits per heavy atom. The summed E-state index contributed by atoms with van der Waals surface area (Å²) in [4.78, 5) is 58.9. The Kier molecular flexibility index (Phi) is 17.3. The second-order valence-electron chi connectivity index (χ2n) is 25.5. The number of hydroxylamine groups is 6. The van der Waals surface area contributed by atoms with Crippen molar-refractivity contribution >= 4 is 40.4 Å². The number of rotatable bonds is 21. The van der Waals surface area contributed by atoms with Gasteiger partial charge in [-0.3, -0.25) is 4.79 Å². The summed E-state index contributed by atoms with van der Waals surface area (Å²) < 4.78 is 0. The molecule has 15 nitrogen and oxygen atoms in total. The van der Waals surface area contributed by atoms with Crippen molar-refractivity contribution in [2.24, 2.45) is 0 Å². The van der Waals surface area contributed by atoms with Gasteiger partial charge in [-0.1, -0.05) is 167 Å². The highest BCUT2D eigenvalue weighted by atomic mass is 16.7. The largest absolute Gasteiger partial charge is 0.508 e. The van der Waals surface area contributed by atoms with E-state index in [4.69, 9.17) is 29.0 Å². The minimum absolute atomic E-state index is 0.0122. The molecule has 17 rings (SSSR count). The summed E-state index contributed by atoms with van der Waals surface area (Å²) in [5, 5.41) is 37.2. The molecule has 15 heteroatoms. The Labute approximate surface area is 540 Å². The molecule has 0 saturated heterocycles. The molecule has 0 spiro atoms. The number of carbonyl (C=O) groups is 1. The first-order valence-corrected chi connectivity index (χ1v) is 34.0. The first-order valence-electron chi connectivity index (χ1n) is 34.0. The molecule has 2 N–H and O–H groups in total. The quantitative estimate of drug-likeness (QED) is 0.0522. The maximum absolute atomic E-state index is 14.5. The SMILES string of the molecule is CCCCCC[C@H]1c2cc3c(O)cc2ON2C=CN(Oc4cc5c(cc41)[C@H](CCCCCC)c1cc4c(cc1ON1C=CN(O5)c5ccccc51)ON1C=CN(Oc5c(cc(c(O)c5C=O)[C@@H]3CCCCCC)[C@H]4CCCCCC)c3ccccc31)c1ccccc12. The summed E-state index contributed by atoms with van der Waals surface area (Å²) in [7, 11) is 0. The third kappa shape index (κ3) is 11.3. The van der Waals surface area contributed by atoms with E-state index < -0.39 is 17.8 Å². The van der Waals surface area contributed by atoms with Crippen molar-refractivity contribution in [2.45, 2.75) is 180 Å². The molecule has 0 aromatic heterocycles. The van der Waals surface area contributed by atoms with Crippen LogP contribution < -0.4 is 59.4 Å². The lowest BCUT2D eigenvalue weighted by Crippen LogP contribution is -2.32. The maximum Gasteiger partial charge on any atom is 0.173 e. The van der Waals surface area contributed by atoms with Gasteiger partial charge in [-0.15, -0.1) is 0 Å². The zero-order valence-electron chi connectivity index (χ0n) is 53.4. The molecule has 0 saturated carbocycles. The van der Waals surface area contributed by atoms with Gasteiger partial charge in [-0.05, 0) is 86.3 Å². The van der Waals surface area contributed by atoms with Gasteiger partial charge in [-0.25, -0.2) is 0 Å². The summed E-state index contributed by atoms with van der Waals surface area (Å²) in [5.41, 5.74) is 10.7. The van der Waals surface area contributed by atoms with Crippen molar-refractivity contribution in [2.75, 3.05) is 30.4 Å². The van der Waals surface area contributed by atoms with Crippen LogP contribution in [0.2, 0.25) is 0 Å². The number of nitrogens with zero attached hydrogens (tertiary/aromatic N) is 6. The van der Waals surface area contributed by atoms with E-state index in [1.165, 1.54) is 0 Å². The Morgan fingerprint density at radius 1 is 0.337 bits per heavy atom. The number of benzene rings is 7. The van der Waals surface area contributed by atoms with Gasteiger partial charge in [0, 0.05) is 86.4 Å². The van der Waals surface area contributed by atoms with Crippen LogP contribution in [0.4, 0.5) is 34.1 Å². The summed E-state index contributed by atoms with van der Waals surface area (Å²) in [6.07, 6.45) is 30.1. The van der Waals surface area contributed by atoms with Crippen LogP contribution in [0.3, 0.4) is 0 Å². The molecule has 1 aliphatic carbocycles. The number of carbonyl (C=O) groups excluding carboxylic acids is 1. The molecule has 0 amide bonds. The number of hydrogen-bond donors (Lipinski definition) is 2. The second kappa shape index (κ2) is 26.5. The molecule has 92 heavy (non-hydrogen) atoms. The van der Waals surface area contributed by atoms with Gasteiger partial charge in [0.25, 0.3) is 0 Å². The average molecular weight is 1240 g/mol. The zero-order chi connectivity index (χ0) is 62.8. The van der Waals surface area contributed by atoms with Gasteiger partial charge < -0.3 is 39.2 Å². The number of phenols is 2. The third-order valence-electron chi connectivity index (χ3n) is 19.6. The fraction of sp³-hybridized carbons (Fsp3) is 0.364. The Balaban J connectivity index is 1.15. The fourth-order valence-electron chi connectivity index (χ4n) is 14.8. The predicted octanol–water partition coefficient (Wildman–Crippen LogP) is 19.8. The number of hydrogen-bond acceptors (Lipinski definition) is 15. The Hall–Kier alpha value is -9.37. The van der Waals surface area contributed by atoms with Crippen molar-refractivity contribution in [3.05, 3.63) is 203 Å². The van der Waals surface area contributed by atoms with E-state index in [1.54, 1.807) is 27.5 Å². The van der Waals surface area contributed by atoms with Gasteiger partial charge in [0.15, 0.2) is 40.8 Å². The van der Waals surface area contributed by atoms with Gasteiger partial charge >= 0.3 is 0 Å². The van der Waals surface area contributed by atoms with Crippen molar-refractivity contribution in [3.8, 4) is 46.0 Å². The van der Waals surface area contributed by atoms with E-state index >= 15 is 0 Å². The maximum atomic E-state index is 14.5. The van der Waals surface area contributed by atoms with E-state index in [-0.39, 0.29) is 28.7 Å². The minimum Gasteiger partial charge on any atom is -0.508 e. The van der Waals surface area contributed by atoms with Crippen molar-refractivity contribution in [1.82, 2.24) is 0 Å². The lowest BCUT2D eigenvalue weighted by atomic mass is 9.75. The summed E-state index contributed by atoms with van der Waals surface area (Å²) in [5.74, 6) is 0.982. The topological polar surface area (TPSA) is 132 Å². The highest BCUT2D eigenvalue weighted by Gasteiger charge is 2.41. The molecule has 4 atom stereocenters. The van der Waals surface area contributed by atoms with Crippen LogP contribution in [-0.2, 0) is 0 Å². The third-order valence-corrected chi connectivity index (χ3v) is 19.6. The monoisotopic (exact) mass is 1240 g/mol. The molecular formula is C77H84N6O9. The van der Waals surface area contributed by atoms with E-state index in [0.717, 1.165) is 160 Å². The first-order chi connectivity index (χ1) is 45.2. The van der Waals surface area contributed by atoms with Crippen LogP contribution in [0.15, 0.2) is 152 Å². The molecule has 0 radical (unpaired) electrons. The average Bonchev–Trinajstić information content (AvgIpc) is 1.41. The smallest absolute Gasteiger partial charge is 0.173 e. The minimum atomic E-state index is -0.622. The summed E-state index contributed by atoms with van der Waals surface area (Å²) in [6, 6.07) is 38.8. The number of phenolic OH excluding ortho intramolecular Hbond substituents is 2. The van der Waals surface area contributed by atoms with Gasteiger partial charge in [0.2, 0.25) is 0 Å². The molecule has 10 aliphatic rings. The van der Waals surface area contributed by atoms with Gasteiger partial charge in [-0.2, -0.15) is 30.4 Å². The second-order valence-corrected chi connectivity index (χ2v) is 25.5. The summed E-state index contributed by atoms with van der Waals surface area (Å²) >= 11 is 0. The number of unbranched alkanes of at least 4 members (excludes halogenated alkanes) is 12. The number of fused-ring (bicyclic) bond motifs is 2. The van der Waals surface area contributed by atoms with Crippen molar-refractivity contribution in [3.63, 3.8) is 0 Å². The van der Waals surface area contributed by atoms with Crippen LogP contribution in [0.5, 0.6) is 46.0 Å². The van der Waals surface area contributed by atoms with Crippen LogP contribution in [0, 0.1) is 0 Å². The first kappa shape index (κ1) is 60.2. The van der Waals surface area contributed by atoms with E-state index in [0.29, 0.717) is 82.5 Å². The molecular weight excluding hydrogens is 1150 g/mol. The van der Waals surface area contributed by atoms with Gasteiger partial charge in [0.1, 0.15) is 51.2 Å². The predicted molar refractivity (Wildman–Crippen MR) is 362 cm³/mol. The molecule has 7 aromatic rings. The zero-order valence-corrected chi connectivity index (χ0v) is 53.4. The normalized spacial score (nSPS) is 18.2. The fourth-order valence-corrected chi connectivity index (χ4v) is 14.8. The van der Waals surface area contributed by atoms with E-state index in [9.17, 15) is 15.0 Å². The van der Waals surface area contributed by atoms with E-state index in [2.05, 4.69) is 64.1 Å². The van der Waals surface area contributed by atoms with Crippen LogP contribution in [0.1, 0.15) is 235 Å². The standard InChI is InChI=1S/C77H84N6O9/c1-5-9-13-17-27-51-55-43-56-52(28-18-14-10-6-2)57-44-58-53(29-19-15-11-7-3)59-45-60-54(30-20-16-12-8-4)62-46-61(51)76(86)63(50-84)77(62)92-83-42-41-82(68-35-25-26-36-69(68)83)91-75(60)49-74(59)90-81-40-39-80(66-33-23-24-34-67(66)81)89-73(58)48-72(57)88-79-38-37-78(87-71(56)47-70(55)85)64-31-21-22-32-65(64)79/h21-26,31-54,85-86H,5-20,27-30H2,1-4H3/t51-,52+,53+,54+/m1/s1. The molecule has 14 bridgehead atoms. The number of aldehydes is 1. The molecule has 9 aliphatic heterocycles. The molecule has 0 unspecified atom stereocenters. The molecule has 7 aromatic carbocycles. The summed E-state index contributed by atoms with van der Waals surface area (Å²) in [6.45, 7) is 8.91. The van der Waals surface area contributed by atoms with Crippen molar-refractivity contribution in [1.29, 1.82) is 0 Å².